The number of amides is 2. The second-order valence-electron chi connectivity index (χ2n) is 9.83. The van der Waals surface area contributed by atoms with E-state index in [0.717, 1.165) is 55.3 Å². The molecule has 0 spiro atoms. The third kappa shape index (κ3) is 5.35. The first-order valence-electron chi connectivity index (χ1n) is 12.2. The molecule has 174 valence electrons. The van der Waals surface area contributed by atoms with Crippen molar-refractivity contribution in [1.29, 1.82) is 0 Å². The molecule has 2 heterocycles. The van der Waals surface area contributed by atoms with E-state index in [2.05, 4.69) is 40.7 Å². The highest BCUT2D eigenvalue weighted by molar-refractivity contribution is 5.86. The zero-order chi connectivity index (χ0) is 23.3. The number of hydrogen-bond acceptors (Lipinski definition) is 3. The lowest BCUT2D eigenvalue weighted by Crippen LogP contribution is -2.56. The van der Waals surface area contributed by atoms with Crippen LogP contribution in [0.15, 0.2) is 60.9 Å². The van der Waals surface area contributed by atoms with Gasteiger partial charge in [0.25, 0.3) is 0 Å². The molecular formula is C28H35N3O2. The normalized spacial score (nSPS) is 22.9. The van der Waals surface area contributed by atoms with E-state index in [-0.39, 0.29) is 23.8 Å². The molecule has 33 heavy (non-hydrogen) atoms. The van der Waals surface area contributed by atoms with Crippen LogP contribution in [-0.4, -0.2) is 40.8 Å². The van der Waals surface area contributed by atoms with Gasteiger partial charge in [0.15, 0.2) is 0 Å². The summed E-state index contributed by atoms with van der Waals surface area (Å²) in [6.07, 6.45) is 12.8. The fourth-order valence-electron chi connectivity index (χ4n) is 5.26. The molecule has 2 aromatic rings. The molecule has 2 aliphatic rings. The minimum Gasteiger partial charge on any atom is -0.353 e. The number of carbonyl (C=O) groups excluding carboxylic acids is 2. The summed E-state index contributed by atoms with van der Waals surface area (Å²) >= 11 is 0. The molecule has 2 unspecified atom stereocenters. The van der Waals surface area contributed by atoms with Crippen molar-refractivity contribution in [2.75, 3.05) is 13.1 Å². The molecule has 0 bridgehead atoms. The van der Waals surface area contributed by atoms with Crippen LogP contribution < -0.4 is 5.32 Å². The standard InChI is InChI=1S/C28H35N3O2/c1-21(2)30-27(33)28(15-9-17-31(20-28)26(32)22-10-4-3-5-11-22)18-23-12-6-7-14-25(23)24-13-8-16-29-19-24/h3-4,6-8,12-14,16,19,21-22H,5,9-11,15,17-18,20H2,1-2H3,(H,30,33). The lowest BCUT2D eigenvalue weighted by Gasteiger charge is -2.43. The fourth-order valence-corrected chi connectivity index (χ4v) is 5.26. The molecule has 1 fully saturated rings. The van der Waals surface area contributed by atoms with Gasteiger partial charge in [-0.3, -0.25) is 14.6 Å². The Kier molecular flexibility index (Phi) is 7.26. The van der Waals surface area contributed by atoms with E-state index in [1.165, 1.54) is 0 Å². The van der Waals surface area contributed by atoms with Crippen molar-refractivity contribution < 1.29 is 9.59 Å². The zero-order valence-corrected chi connectivity index (χ0v) is 19.8. The molecule has 1 N–H and O–H groups in total. The summed E-state index contributed by atoms with van der Waals surface area (Å²) in [6, 6.07) is 12.3. The Morgan fingerprint density at radius 2 is 2.03 bits per heavy atom. The van der Waals surface area contributed by atoms with Crippen molar-refractivity contribution in [1.82, 2.24) is 15.2 Å². The van der Waals surface area contributed by atoms with E-state index in [4.69, 9.17) is 0 Å². The Bertz CT molecular complexity index is 1000. The summed E-state index contributed by atoms with van der Waals surface area (Å²) in [4.78, 5) is 33.3. The molecule has 1 aliphatic carbocycles. The molecule has 1 aromatic carbocycles. The summed E-state index contributed by atoms with van der Waals surface area (Å²) in [5.41, 5.74) is 2.63. The van der Waals surface area contributed by atoms with Crippen molar-refractivity contribution in [2.24, 2.45) is 11.3 Å². The average Bonchev–Trinajstić information content (AvgIpc) is 2.85. The molecule has 2 atom stereocenters. The number of allylic oxidation sites excluding steroid dienone is 2. The average molecular weight is 446 g/mol. The predicted molar refractivity (Wildman–Crippen MR) is 131 cm³/mol. The van der Waals surface area contributed by atoms with Crippen LogP contribution in [-0.2, 0) is 16.0 Å². The smallest absolute Gasteiger partial charge is 0.228 e. The Labute approximate surface area is 197 Å². The molecule has 1 aromatic heterocycles. The first kappa shape index (κ1) is 23.2. The summed E-state index contributed by atoms with van der Waals surface area (Å²) < 4.78 is 0. The van der Waals surface area contributed by atoms with Gasteiger partial charge in [-0.2, -0.15) is 0 Å². The van der Waals surface area contributed by atoms with Crippen LogP contribution in [0.4, 0.5) is 0 Å². The highest BCUT2D eigenvalue weighted by Gasteiger charge is 2.44. The number of pyridine rings is 1. The van der Waals surface area contributed by atoms with Gasteiger partial charge in [0.05, 0.1) is 5.41 Å². The third-order valence-corrected chi connectivity index (χ3v) is 6.93. The topological polar surface area (TPSA) is 62.3 Å². The number of hydrogen-bond donors (Lipinski definition) is 1. The number of benzene rings is 1. The Morgan fingerprint density at radius 1 is 1.18 bits per heavy atom. The first-order valence-corrected chi connectivity index (χ1v) is 12.2. The van der Waals surface area contributed by atoms with Gasteiger partial charge in [-0.05, 0) is 69.6 Å². The van der Waals surface area contributed by atoms with Crippen molar-refractivity contribution >= 4 is 11.8 Å². The minimum absolute atomic E-state index is 0.0432. The summed E-state index contributed by atoms with van der Waals surface area (Å²) in [7, 11) is 0. The number of piperidine rings is 1. The van der Waals surface area contributed by atoms with Gasteiger partial charge < -0.3 is 10.2 Å². The number of rotatable bonds is 6. The number of carbonyl (C=O) groups is 2. The van der Waals surface area contributed by atoms with E-state index in [1.807, 2.05) is 43.1 Å². The minimum atomic E-state index is -0.638. The van der Waals surface area contributed by atoms with Gasteiger partial charge in [-0.25, -0.2) is 0 Å². The van der Waals surface area contributed by atoms with Gasteiger partial charge >= 0.3 is 0 Å². The van der Waals surface area contributed by atoms with Gasteiger partial charge in [0.2, 0.25) is 11.8 Å². The Hall–Kier alpha value is -2.95. The molecule has 5 nitrogen and oxygen atoms in total. The van der Waals surface area contributed by atoms with Gasteiger partial charge in [0, 0.05) is 43.0 Å². The lowest BCUT2D eigenvalue weighted by molar-refractivity contribution is -0.144. The number of nitrogens with zero attached hydrogens (tertiary/aromatic N) is 2. The number of likely N-dealkylation sites (tertiary alicyclic amines) is 1. The molecule has 5 heteroatoms. The quantitative estimate of drug-likeness (QED) is 0.651. The van der Waals surface area contributed by atoms with Crippen LogP contribution >= 0.6 is 0 Å². The largest absolute Gasteiger partial charge is 0.353 e. The van der Waals surface area contributed by atoms with Gasteiger partial charge in [0.1, 0.15) is 0 Å². The van der Waals surface area contributed by atoms with E-state index in [1.54, 1.807) is 6.20 Å². The second kappa shape index (κ2) is 10.3. The monoisotopic (exact) mass is 445 g/mol. The predicted octanol–water partition coefficient (Wildman–Crippen LogP) is 4.78. The zero-order valence-electron chi connectivity index (χ0n) is 19.8. The number of aromatic nitrogens is 1. The summed E-state index contributed by atoms with van der Waals surface area (Å²) in [5, 5.41) is 3.17. The van der Waals surface area contributed by atoms with Crippen molar-refractivity contribution in [2.45, 2.75) is 58.4 Å². The van der Waals surface area contributed by atoms with Crippen molar-refractivity contribution in [3.63, 3.8) is 0 Å². The van der Waals surface area contributed by atoms with Crippen molar-refractivity contribution in [3.8, 4) is 11.1 Å². The molecule has 0 radical (unpaired) electrons. The number of nitrogens with one attached hydrogen (secondary N) is 1. The lowest BCUT2D eigenvalue weighted by atomic mass is 9.72. The maximum atomic E-state index is 13.7. The maximum Gasteiger partial charge on any atom is 0.228 e. The highest BCUT2D eigenvalue weighted by atomic mass is 16.2. The van der Waals surface area contributed by atoms with E-state index >= 15 is 0 Å². The van der Waals surface area contributed by atoms with E-state index < -0.39 is 5.41 Å². The molecule has 0 saturated carbocycles. The third-order valence-electron chi connectivity index (χ3n) is 6.93. The SMILES string of the molecule is CC(C)NC(=O)C1(Cc2ccccc2-c2cccnc2)CCCN(C(=O)C2CC=CCC2)C1. The van der Waals surface area contributed by atoms with E-state index in [9.17, 15) is 9.59 Å². The van der Waals surface area contributed by atoms with Crippen LogP contribution in [0.2, 0.25) is 0 Å². The van der Waals surface area contributed by atoms with Crippen LogP contribution in [0, 0.1) is 11.3 Å². The molecule has 1 aliphatic heterocycles. The van der Waals surface area contributed by atoms with Gasteiger partial charge in [-0.1, -0.05) is 42.5 Å². The molecule has 4 rings (SSSR count). The van der Waals surface area contributed by atoms with E-state index in [0.29, 0.717) is 13.0 Å². The van der Waals surface area contributed by atoms with Crippen LogP contribution in [0.3, 0.4) is 0 Å². The molecular weight excluding hydrogens is 410 g/mol. The second-order valence-corrected chi connectivity index (χ2v) is 9.83. The van der Waals surface area contributed by atoms with Crippen LogP contribution in [0.1, 0.15) is 51.5 Å². The van der Waals surface area contributed by atoms with Crippen LogP contribution in [0.25, 0.3) is 11.1 Å². The fraction of sp³-hybridized carbons (Fsp3) is 0.464. The summed E-state index contributed by atoms with van der Waals surface area (Å²) in [6.45, 7) is 5.20. The highest BCUT2D eigenvalue weighted by Crippen LogP contribution is 2.38. The molecule has 1 saturated heterocycles. The summed E-state index contributed by atoms with van der Waals surface area (Å²) in [5.74, 6) is 0.308. The first-order chi connectivity index (χ1) is 16.0. The van der Waals surface area contributed by atoms with Crippen LogP contribution in [0.5, 0.6) is 0 Å². The van der Waals surface area contributed by atoms with Gasteiger partial charge in [-0.15, -0.1) is 0 Å². The Balaban J connectivity index is 1.65. The van der Waals surface area contributed by atoms with Crippen molar-refractivity contribution in [3.05, 3.63) is 66.5 Å². The Morgan fingerprint density at radius 3 is 2.76 bits per heavy atom. The molecule has 2 amide bonds. The maximum absolute atomic E-state index is 13.7.